The van der Waals surface area contributed by atoms with E-state index in [2.05, 4.69) is 10.3 Å². The number of hydrogen-bond acceptors (Lipinski definition) is 4. The fraction of sp³-hybridized carbons (Fsp3) is 0.214. The molecule has 1 aliphatic rings. The molecule has 1 N–H and O–H groups in total. The van der Waals surface area contributed by atoms with Crippen LogP contribution in [0.2, 0.25) is 5.02 Å². The number of nitrogens with zero attached hydrogens (tertiary/aromatic N) is 3. The fourth-order valence-electron chi connectivity index (χ4n) is 2.23. The van der Waals surface area contributed by atoms with Crippen LogP contribution < -0.4 is 10.2 Å². The van der Waals surface area contributed by atoms with Crippen molar-refractivity contribution in [1.29, 1.82) is 0 Å². The van der Waals surface area contributed by atoms with Gasteiger partial charge in [0.25, 0.3) is 0 Å². The number of urea groups is 1. The molecule has 0 spiro atoms. The molecule has 114 valence electrons. The van der Waals surface area contributed by atoms with Crippen molar-refractivity contribution < 1.29 is 9.59 Å². The zero-order chi connectivity index (χ0) is 15.5. The van der Waals surface area contributed by atoms with E-state index in [0.29, 0.717) is 23.2 Å². The maximum absolute atomic E-state index is 12.4. The first-order chi connectivity index (χ1) is 10.6. The summed E-state index contributed by atoms with van der Waals surface area (Å²) in [5.41, 5.74) is 0.736. The van der Waals surface area contributed by atoms with E-state index < -0.39 is 0 Å². The van der Waals surface area contributed by atoms with E-state index in [9.17, 15) is 9.59 Å². The summed E-state index contributed by atoms with van der Waals surface area (Å²) in [5.74, 6) is -0.253. The van der Waals surface area contributed by atoms with Crippen molar-refractivity contribution in [3.63, 3.8) is 0 Å². The molecule has 8 heteroatoms. The van der Waals surface area contributed by atoms with Gasteiger partial charge in [-0.3, -0.25) is 9.69 Å². The molecule has 1 fully saturated rings. The minimum atomic E-state index is -0.253. The highest BCUT2D eigenvalue weighted by molar-refractivity contribution is 7.13. The predicted octanol–water partition coefficient (Wildman–Crippen LogP) is 2.68. The lowest BCUT2D eigenvalue weighted by atomic mass is 10.3. The molecule has 6 nitrogen and oxygen atoms in total. The van der Waals surface area contributed by atoms with Crippen molar-refractivity contribution in [1.82, 2.24) is 9.88 Å². The van der Waals surface area contributed by atoms with E-state index >= 15 is 0 Å². The monoisotopic (exact) mass is 336 g/mol. The van der Waals surface area contributed by atoms with Crippen molar-refractivity contribution in [3.05, 3.63) is 40.9 Å². The highest BCUT2D eigenvalue weighted by Crippen LogP contribution is 2.23. The smallest absolute Gasteiger partial charge is 0.313 e. The van der Waals surface area contributed by atoms with Gasteiger partial charge in [-0.15, -0.1) is 11.3 Å². The Hall–Kier alpha value is -2.12. The molecule has 2 heterocycles. The maximum Gasteiger partial charge on any atom is 0.325 e. The van der Waals surface area contributed by atoms with E-state index in [0.717, 1.165) is 5.69 Å². The first kappa shape index (κ1) is 14.8. The molecule has 22 heavy (non-hydrogen) atoms. The molecule has 1 aromatic heterocycles. The quantitative estimate of drug-likeness (QED) is 0.933. The van der Waals surface area contributed by atoms with Crippen LogP contribution in [0.1, 0.15) is 0 Å². The van der Waals surface area contributed by atoms with Crippen LogP contribution in [0, 0.1) is 0 Å². The van der Waals surface area contributed by atoms with Gasteiger partial charge < -0.3 is 10.2 Å². The molecule has 0 aliphatic carbocycles. The second-order valence-corrected chi connectivity index (χ2v) is 6.05. The Morgan fingerprint density at radius 1 is 1.41 bits per heavy atom. The van der Waals surface area contributed by atoms with Gasteiger partial charge in [-0.1, -0.05) is 17.7 Å². The van der Waals surface area contributed by atoms with Gasteiger partial charge in [-0.05, 0) is 18.2 Å². The Morgan fingerprint density at radius 2 is 2.27 bits per heavy atom. The summed E-state index contributed by atoms with van der Waals surface area (Å²) in [7, 11) is 0. The normalized spacial score (nSPS) is 14.5. The van der Waals surface area contributed by atoms with Crippen molar-refractivity contribution in [3.8, 4) is 0 Å². The van der Waals surface area contributed by atoms with Crippen LogP contribution in [0.25, 0.3) is 0 Å². The molecule has 0 radical (unpaired) electrons. The second-order valence-electron chi connectivity index (χ2n) is 4.72. The van der Waals surface area contributed by atoms with Crippen LogP contribution in [-0.2, 0) is 4.79 Å². The van der Waals surface area contributed by atoms with E-state index in [1.54, 1.807) is 34.7 Å². The van der Waals surface area contributed by atoms with Gasteiger partial charge in [0.1, 0.15) is 6.54 Å². The third-order valence-electron chi connectivity index (χ3n) is 3.23. The summed E-state index contributed by atoms with van der Waals surface area (Å²) in [6, 6.07) is 6.91. The first-order valence-electron chi connectivity index (χ1n) is 6.65. The zero-order valence-electron chi connectivity index (χ0n) is 11.5. The average molecular weight is 337 g/mol. The number of halogens is 1. The van der Waals surface area contributed by atoms with Gasteiger partial charge in [0, 0.05) is 35.4 Å². The van der Waals surface area contributed by atoms with Gasteiger partial charge in [0.05, 0.1) is 0 Å². The summed E-state index contributed by atoms with van der Waals surface area (Å²) in [4.78, 5) is 31.4. The molecule has 0 unspecified atom stereocenters. The van der Waals surface area contributed by atoms with Gasteiger partial charge in [0.15, 0.2) is 5.13 Å². The van der Waals surface area contributed by atoms with E-state index in [1.165, 1.54) is 16.2 Å². The molecule has 0 atom stereocenters. The number of anilines is 2. The maximum atomic E-state index is 12.4. The largest absolute Gasteiger partial charge is 0.325 e. The van der Waals surface area contributed by atoms with Gasteiger partial charge in [-0.2, -0.15) is 0 Å². The molecule has 0 bridgehead atoms. The molecule has 2 aromatic rings. The number of carbonyl (C=O) groups excluding carboxylic acids is 2. The molecular weight excluding hydrogens is 324 g/mol. The van der Waals surface area contributed by atoms with Crippen molar-refractivity contribution in [2.75, 3.05) is 29.9 Å². The highest BCUT2D eigenvalue weighted by Gasteiger charge is 2.30. The molecule has 1 saturated heterocycles. The number of hydrogen-bond donors (Lipinski definition) is 1. The Bertz CT molecular complexity index is 692. The van der Waals surface area contributed by atoms with E-state index in [1.807, 2.05) is 6.07 Å². The number of carbonyl (C=O) groups is 2. The minimum Gasteiger partial charge on any atom is -0.313 e. The third kappa shape index (κ3) is 3.20. The lowest BCUT2D eigenvalue weighted by molar-refractivity contribution is -0.116. The van der Waals surface area contributed by atoms with Gasteiger partial charge in [-0.25, -0.2) is 9.78 Å². The summed E-state index contributed by atoms with van der Waals surface area (Å²) in [6.07, 6.45) is 1.61. The van der Waals surface area contributed by atoms with Crippen LogP contribution >= 0.6 is 22.9 Å². The lowest BCUT2D eigenvalue weighted by Gasteiger charge is -2.18. The summed E-state index contributed by atoms with van der Waals surface area (Å²) in [5, 5.41) is 5.55. The summed E-state index contributed by atoms with van der Waals surface area (Å²) < 4.78 is 0. The van der Waals surface area contributed by atoms with Crippen molar-refractivity contribution in [2.24, 2.45) is 0 Å². The SMILES string of the molecule is O=C(CN1CCN(c2cccc(Cl)c2)C1=O)Nc1nccs1. The second kappa shape index (κ2) is 6.33. The number of aromatic nitrogens is 1. The highest BCUT2D eigenvalue weighted by atomic mass is 35.5. The number of benzene rings is 1. The zero-order valence-corrected chi connectivity index (χ0v) is 13.1. The van der Waals surface area contributed by atoms with Gasteiger partial charge in [0.2, 0.25) is 5.91 Å². The molecule has 1 aromatic carbocycles. The number of thiazole rings is 1. The first-order valence-corrected chi connectivity index (χ1v) is 7.90. The fourth-order valence-corrected chi connectivity index (χ4v) is 2.96. The Labute approximate surface area is 136 Å². The minimum absolute atomic E-state index is 0.00940. The van der Waals surface area contributed by atoms with E-state index in [4.69, 9.17) is 11.6 Å². The van der Waals surface area contributed by atoms with Crippen LogP contribution in [0.4, 0.5) is 15.6 Å². The van der Waals surface area contributed by atoms with Crippen LogP contribution in [-0.4, -0.2) is 41.5 Å². The number of rotatable bonds is 4. The summed E-state index contributed by atoms with van der Waals surface area (Å²) >= 11 is 7.29. The Balaban J connectivity index is 1.62. The standard InChI is InChI=1S/C14H13ClN4O2S/c15-10-2-1-3-11(8-10)19-6-5-18(14(19)21)9-12(20)17-13-16-4-7-22-13/h1-4,7-8H,5-6,9H2,(H,16,17,20). The lowest BCUT2D eigenvalue weighted by Crippen LogP contribution is -2.37. The number of nitrogens with one attached hydrogen (secondary N) is 1. The molecule has 3 rings (SSSR count). The number of amides is 3. The van der Waals surface area contributed by atoms with Crippen molar-refractivity contribution >= 4 is 45.7 Å². The molecular formula is C14H13ClN4O2S. The summed E-state index contributed by atoms with van der Waals surface area (Å²) in [6.45, 7) is 1.04. The topological polar surface area (TPSA) is 65.5 Å². The van der Waals surface area contributed by atoms with Crippen LogP contribution in [0.5, 0.6) is 0 Å². The van der Waals surface area contributed by atoms with Crippen LogP contribution in [0.3, 0.4) is 0 Å². The average Bonchev–Trinajstić information content (AvgIpc) is 3.10. The van der Waals surface area contributed by atoms with Gasteiger partial charge >= 0.3 is 6.03 Å². The Kier molecular flexibility index (Phi) is 4.26. The molecule has 0 saturated carbocycles. The Morgan fingerprint density at radius 3 is 3.00 bits per heavy atom. The third-order valence-corrected chi connectivity index (χ3v) is 4.15. The molecule has 3 amide bonds. The molecule has 1 aliphatic heterocycles. The van der Waals surface area contributed by atoms with Crippen molar-refractivity contribution in [2.45, 2.75) is 0 Å². The van der Waals surface area contributed by atoms with Crippen LogP contribution in [0.15, 0.2) is 35.8 Å². The predicted molar refractivity (Wildman–Crippen MR) is 86.5 cm³/mol. The van der Waals surface area contributed by atoms with E-state index in [-0.39, 0.29) is 18.5 Å².